The SMILES string of the molecule is CCN(CC)c1cc(C(=O)Nc2ccccc2C)nc(C)n1. The predicted octanol–water partition coefficient (Wildman–Crippen LogP) is 3.19. The number of nitrogens with one attached hydrogen (secondary N) is 1. The number of hydrogen-bond acceptors (Lipinski definition) is 4. The van der Waals surface area contributed by atoms with Gasteiger partial charge in [-0.2, -0.15) is 0 Å². The van der Waals surface area contributed by atoms with Gasteiger partial charge in [0.2, 0.25) is 0 Å². The first-order valence-electron chi connectivity index (χ1n) is 7.52. The molecule has 0 unspecified atom stereocenters. The minimum atomic E-state index is -0.215. The second-order valence-corrected chi connectivity index (χ2v) is 5.10. The summed E-state index contributed by atoms with van der Waals surface area (Å²) in [5.41, 5.74) is 2.21. The third-order valence-corrected chi connectivity index (χ3v) is 3.54. The maximum atomic E-state index is 12.5. The molecule has 1 aromatic heterocycles. The molecule has 22 heavy (non-hydrogen) atoms. The van der Waals surface area contributed by atoms with Gasteiger partial charge in [-0.05, 0) is 39.3 Å². The molecule has 0 radical (unpaired) electrons. The Hall–Kier alpha value is -2.43. The minimum absolute atomic E-state index is 0.215. The van der Waals surface area contributed by atoms with Gasteiger partial charge in [0.05, 0.1) is 0 Å². The first-order valence-corrected chi connectivity index (χ1v) is 7.52. The van der Waals surface area contributed by atoms with Crippen LogP contribution in [0.25, 0.3) is 0 Å². The van der Waals surface area contributed by atoms with Crippen molar-refractivity contribution >= 4 is 17.4 Å². The molecule has 116 valence electrons. The molecule has 2 rings (SSSR count). The molecule has 2 aromatic rings. The third-order valence-electron chi connectivity index (χ3n) is 3.54. The van der Waals surface area contributed by atoms with E-state index in [2.05, 4.69) is 34.0 Å². The van der Waals surface area contributed by atoms with Crippen molar-refractivity contribution in [1.29, 1.82) is 0 Å². The Morgan fingerprint density at radius 2 is 1.82 bits per heavy atom. The number of nitrogens with zero attached hydrogens (tertiary/aromatic N) is 3. The molecule has 0 fully saturated rings. The Kier molecular flexibility index (Phi) is 5.09. The lowest BCUT2D eigenvalue weighted by Crippen LogP contribution is -2.25. The number of carbonyl (C=O) groups excluding carboxylic acids is 1. The van der Waals surface area contributed by atoms with Crippen LogP contribution in [0.5, 0.6) is 0 Å². The zero-order chi connectivity index (χ0) is 16.1. The van der Waals surface area contributed by atoms with Gasteiger partial charge in [0.15, 0.2) is 0 Å². The molecule has 0 bridgehead atoms. The van der Waals surface area contributed by atoms with E-state index in [0.717, 1.165) is 30.2 Å². The van der Waals surface area contributed by atoms with Gasteiger partial charge < -0.3 is 10.2 Å². The minimum Gasteiger partial charge on any atom is -0.357 e. The van der Waals surface area contributed by atoms with Crippen molar-refractivity contribution in [3.8, 4) is 0 Å². The smallest absolute Gasteiger partial charge is 0.274 e. The number of anilines is 2. The number of aromatic nitrogens is 2. The maximum Gasteiger partial charge on any atom is 0.274 e. The fourth-order valence-electron chi connectivity index (χ4n) is 2.28. The fraction of sp³-hybridized carbons (Fsp3) is 0.353. The predicted molar refractivity (Wildman–Crippen MR) is 89.5 cm³/mol. The van der Waals surface area contributed by atoms with Crippen LogP contribution in [0.2, 0.25) is 0 Å². The Labute approximate surface area is 131 Å². The maximum absolute atomic E-state index is 12.5. The Bertz CT molecular complexity index is 665. The monoisotopic (exact) mass is 298 g/mol. The van der Waals surface area contributed by atoms with E-state index in [1.807, 2.05) is 31.2 Å². The van der Waals surface area contributed by atoms with Gasteiger partial charge in [0.25, 0.3) is 5.91 Å². The summed E-state index contributed by atoms with van der Waals surface area (Å²) in [7, 11) is 0. The topological polar surface area (TPSA) is 58.1 Å². The first-order chi connectivity index (χ1) is 10.5. The average molecular weight is 298 g/mol. The molecule has 0 saturated carbocycles. The van der Waals surface area contributed by atoms with E-state index in [1.165, 1.54) is 0 Å². The zero-order valence-corrected chi connectivity index (χ0v) is 13.6. The molecule has 1 N–H and O–H groups in total. The number of hydrogen-bond donors (Lipinski definition) is 1. The molecule has 1 aromatic carbocycles. The molecule has 5 heteroatoms. The molecular formula is C17H22N4O. The van der Waals surface area contributed by atoms with E-state index in [9.17, 15) is 4.79 Å². The molecule has 0 saturated heterocycles. The van der Waals surface area contributed by atoms with Crippen molar-refractivity contribution < 1.29 is 4.79 Å². The van der Waals surface area contributed by atoms with Crippen LogP contribution < -0.4 is 10.2 Å². The van der Waals surface area contributed by atoms with Crippen molar-refractivity contribution in [3.05, 3.63) is 47.4 Å². The number of amides is 1. The molecule has 0 aliphatic heterocycles. The van der Waals surface area contributed by atoms with Gasteiger partial charge in [-0.25, -0.2) is 9.97 Å². The van der Waals surface area contributed by atoms with Gasteiger partial charge in [-0.1, -0.05) is 18.2 Å². The van der Waals surface area contributed by atoms with E-state index in [1.54, 1.807) is 13.0 Å². The normalized spacial score (nSPS) is 10.4. The van der Waals surface area contributed by atoms with Crippen LogP contribution in [0.1, 0.15) is 35.7 Å². The zero-order valence-electron chi connectivity index (χ0n) is 13.6. The molecule has 0 aliphatic carbocycles. The Balaban J connectivity index is 2.28. The van der Waals surface area contributed by atoms with Gasteiger partial charge >= 0.3 is 0 Å². The van der Waals surface area contributed by atoms with Crippen LogP contribution >= 0.6 is 0 Å². The van der Waals surface area contributed by atoms with E-state index < -0.39 is 0 Å². The lowest BCUT2D eigenvalue weighted by molar-refractivity contribution is 0.102. The highest BCUT2D eigenvalue weighted by molar-refractivity contribution is 6.03. The number of benzene rings is 1. The van der Waals surface area contributed by atoms with Gasteiger partial charge in [0, 0.05) is 24.8 Å². The molecule has 1 heterocycles. The lowest BCUT2D eigenvalue weighted by atomic mass is 10.2. The summed E-state index contributed by atoms with van der Waals surface area (Å²) in [6.07, 6.45) is 0. The number of aryl methyl sites for hydroxylation is 2. The highest BCUT2D eigenvalue weighted by Crippen LogP contribution is 2.16. The highest BCUT2D eigenvalue weighted by atomic mass is 16.1. The summed E-state index contributed by atoms with van der Waals surface area (Å²) in [5.74, 6) is 1.17. The summed E-state index contributed by atoms with van der Waals surface area (Å²) < 4.78 is 0. The second-order valence-electron chi connectivity index (χ2n) is 5.10. The summed E-state index contributed by atoms with van der Waals surface area (Å²) in [6.45, 7) is 9.57. The third kappa shape index (κ3) is 3.61. The lowest BCUT2D eigenvalue weighted by Gasteiger charge is -2.20. The summed E-state index contributed by atoms with van der Waals surface area (Å²) in [4.78, 5) is 23.2. The van der Waals surface area contributed by atoms with E-state index >= 15 is 0 Å². The Morgan fingerprint density at radius 1 is 1.14 bits per heavy atom. The summed E-state index contributed by atoms with van der Waals surface area (Å²) in [6, 6.07) is 9.43. The van der Waals surface area contributed by atoms with Crippen molar-refractivity contribution in [2.45, 2.75) is 27.7 Å². The van der Waals surface area contributed by atoms with E-state index in [0.29, 0.717) is 11.5 Å². The number of rotatable bonds is 5. The molecule has 0 aliphatic rings. The second kappa shape index (κ2) is 7.02. The number of carbonyl (C=O) groups is 1. The summed E-state index contributed by atoms with van der Waals surface area (Å²) in [5, 5.41) is 2.91. The Morgan fingerprint density at radius 3 is 2.45 bits per heavy atom. The first kappa shape index (κ1) is 15.9. The average Bonchev–Trinajstić information content (AvgIpc) is 2.50. The van der Waals surface area contributed by atoms with Crippen LogP contribution in [-0.4, -0.2) is 29.0 Å². The molecule has 1 amide bonds. The van der Waals surface area contributed by atoms with E-state index in [4.69, 9.17) is 0 Å². The fourth-order valence-corrected chi connectivity index (χ4v) is 2.28. The quantitative estimate of drug-likeness (QED) is 0.921. The molecule has 0 spiro atoms. The van der Waals surface area contributed by atoms with Gasteiger partial charge in [-0.15, -0.1) is 0 Å². The van der Waals surface area contributed by atoms with Gasteiger partial charge in [-0.3, -0.25) is 4.79 Å². The largest absolute Gasteiger partial charge is 0.357 e. The highest BCUT2D eigenvalue weighted by Gasteiger charge is 2.14. The number of para-hydroxylation sites is 1. The van der Waals surface area contributed by atoms with Crippen molar-refractivity contribution in [2.24, 2.45) is 0 Å². The van der Waals surface area contributed by atoms with Crippen LogP contribution in [0.15, 0.2) is 30.3 Å². The van der Waals surface area contributed by atoms with Crippen molar-refractivity contribution in [2.75, 3.05) is 23.3 Å². The van der Waals surface area contributed by atoms with Gasteiger partial charge in [0.1, 0.15) is 17.3 Å². The van der Waals surface area contributed by atoms with Crippen LogP contribution in [0.4, 0.5) is 11.5 Å². The van der Waals surface area contributed by atoms with Crippen molar-refractivity contribution in [1.82, 2.24) is 9.97 Å². The molecule has 0 atom stereocenters. The van der Waals surface area contributed by atoms with E-state index in [-0.39, 0.29) is 5.91 Å². The standard InChI is InChI=1S/C17H22N4O/c1-5-21(6-2)16-11-15(18-13(4)19-16)17(22)20-14-10-8-7-9-12(14)3/h7-11H,5-6H2,1-4H3,(H,20,22). The molecular weight excluding hydrogens is 276 g/mol. The summed E-state index contributed by atoms with van der Waals surface area (Å²) >= 11 is 0. The molecule has 5 nitrogen and oxygen atoms in total. The van der Waals surface area contributed by atoms with Crippen LogP contribution in [0.3, 0.4) is 0 Å². The van der Waals surface area contributed by atoms with Crippen LogP contribution in [0, 0.1) is 13.8 Å². The van der Waals surface area contributed by atoms with Crippen molar-refractivity contribution in [3.63, 3.8) is 0 Å². The van der Waals surface area contributed by atoms with Crippen LogP contribution in [-0.2, 0) is 0 Å².